The Balaban J connectivity index is 1.83. The molecule has 0 radical (unpaired) electrons. The Morgan fingerprint density at radius 1 is 0.795 bits per heavy atom. The van der Waals surface area contributed by atoms with Gasteiger partial charge in [-0.05, 0) is 23.3 Å². The Labute approximate surface area is 245 Å². The van der Waals surface area contributed by atoms with E-state index in [-0.39, 0.29) is 23.1 Å². The second-order valence-corrected chi connectivity index (χ2v) is 11.1. The average molecular weight is 641 g/mol. The molecule has 234 valence electrons. The van der Waals surface area contributed by atoms with Gasteiger partial charge in [-0.3, -0.25) is 19.1 Å². The van der Waals surface area contributed by atoms with Gasteiger partial charge in [-0.15, -0.1) is 0 Å². The van der Waals surface area contributed by atoms with Gasteiger partial charge in [0.05, 0.1) is 5.56 Å². The van der Waals surface area contributed by atoms with Crippen molar-refractivity contribution in [2.75, 3.05) is 0 Å². The van der Waals surface area contributed by atoms with E-state index >= 15 is 0 Å². The number of rotatable bonds is 13. The number of pyridine rings is 1. The minimum atomic E-state index is -5.84. The Kier molecular flexibility index (Phi) is 10.2. The summed E-state index contributed by atoms with van der Waals surface area (Å²) in [6.45, 7) is 0. The van der Waals surface area contributed by atoms with Crippen molar-refractivity contribution in [1.29, 1.82) is 0 Å². The summed E-state index contributed by atoms with van der Waals surface area (Å²) in [5, 5.41) is 23.1. The highest BCUT2D eigenvalue weighted by Gasteiger charge is 2.50. The minimum absolute atomic E-state index is 0.0312. The van der Waals surface area contributed by atoms with E-state index in [1.165, 1.54) is 24.5 Å². The summed E-state index contributed by atoms with van der Waals surface area (Å²) in [6, 6.07) is 6.89. The van der Waals surface area contributed by atoms with E-state index in [1.54, 1.807) is 0 Å². The van der Waals surface area contributed by atoms with E-state index in [1.807, 2.05) is 0 Å². The average Bonchev–Trinajstić information content (AvgIpc) is 2.96. The van der Waals surface area contributed by atoms with Gasteiger partial charge in [0.25, 0.3) is 5.91 Å². The van der Waals surface area contributed by atoms with Crippen LogP contribution in [0, 0.1) is 0 Å². The molecule has 3 aromatic rings. The van der Waals surface area contributed by atoms with E-state index in [2.05, 4.69) is 15.6 Å². The number of amides is 2. The first-order valence-corrected chi connectivity index (χ1v) is 14.0. The number of nitrogens with one attached hydrogen (secondary N) is 2. The number of hydrogen-bond acceptors (Lipinski definition) is 6. The van der Waals surface area contributed by atoms with Crippen LogP contribution >= 0.6 is 7.60 Å². The van der Waals surface area contributed by atoms with Crippen molar-refractivity contribution in [2.45, 2.75) is 36.5 Å². The molecule has 2 amide bonds. The molecule has 0 fully saturated rings. The number of carbonyl (C=O) groups excluding carboxylic acids is 2. The molecule has 2 unspecified atom stereocenters. The zero-order valence-electron chi connectivity index (χ0n) is 22.2. The van der Waals surface area contributed by atoms with Crippen LogP contribution in [0.2, 0.25) is 0 Å². The first kappa shape index (κ1) is 33.8. The molecule has 0 bridgehead atoms. The van der Waals surface area contributed by atoms with Crippen molar-refractivity contribution < 1.29 is 61.3 Å². The third kappa shape index (κ3) is 8.03. The van der Waals surface area contributed by atoms with Crippen molar-refractivity contribution in [3.8, 4) is 0 Å². The molecule has 6 N–H and O–H groups in total. The number of aromatic nitrogens is 1. The summed E-state index contributed by atoms with van der Waals surface area (Å²) in [5.74, 6) is -9.95. The third-order valence-corrected chi connectivity index (χ3v) is 7.28. The molecule has 3 rings (SSSR count). The van der Waals surface area contributed by atoms with Crippen LogP contribution < -0.4 is 10.6 Å². The predicted octanol–water partition coefficient (Wildman–Crippen LogP) is 2.64. The quantitative estimate of drug-likeness (QED) is 0.119. The lowest BCUT2D eigenvalue weighted by Crippen LogP contribution is -2.53. The summed E-state index contributed by atoms with van der Waals surface area (Å²) < 4.78 is 66.7. The zero-order chi connectivity index (χ0) is 32.9. The van der Waals surface area contributed by atoms with Crippen molar-refractivity contribution in [3.63, 3.8) is 0 Å². The lowest BCUT2D eigenvalue weighted by Gasteiger charge is -2.22. The molecule has 44 heavy (non-hydrogen) atoms. The van der Waals surface area contributed by atoms with Gasteiger partial charge in [0.2, 0.25) is 5.91 Å². The van der Waals surface area contributed by atoms with Gasteiger partial charge in [0, 0.05) is 36.4 Å². The molecule has 2 aromatic carbocycles. The highest BCUT2D eigenvalue weighted by atomic mass is 31.2. The molecule has 0 aliphatic heterocycles. The van der Waals surface area contributed by atoms with Crippen molar-refractivity contribution in [1.82, 2.24) is 15.6 Å². The second kappa shape index (κ2) is 13.3. The van der Waals surface area contributed by atoms with Crippen LogP contribution in [-0.2, 0) is 43.4 Å². The van der Waals surface area contributed by atoms with Gasteiger partial charge in [-0.2, -0.15) is 17.6 Å². The second-order valence-electron chi connectivity index (χ2n) is 9.43. The Morgan fingerprint density at radius 3 is 1.77 bits per heavy atom. The van der Waals surface area contributed by atoms with E-state index in [4.69, 9.17) is 14.9 Å². The third-order valence-electron chi connectivity index (χ3n) is 6.29. The SMILES string of the molecule is O=C(NC(Cc1ccc(C(F)(F)C(=O)O)cc1)C(=O)NC(Cc1ccc(C(F)(F)P(=O)(O)O)cc1)C(=O)O)c1cccnc1. The number of carboxylic acids is 2. The van der Waals surface area contributed by atoms with Crippen LogP contribution in [0.4, 0.5) is 17.6 Å². The maximum absolute atomic E-state index is 14.0. The van der Waals surface area contributed by atoms with Gasteiger partial charge in [0.1, 0.15) is 12.1 Å². The zero-order valence-corrected chi connectivity index (χ0v) is 23.1. The summed E-state index contributed by atoms with van der Waals surface area (Å²) in [5.41, 5.74) is -6.04. The number of benzene rings is 2. The van der Waals surface area contributed by atoms with Gasteiger partial charge >= 0.3 is 31.1 Å². The van der Waals surface area contributed by atoms with Crippen LogP contribution in [0.25, 0.3) is 0 Å². The first-order valence-electron chi connectivity index (χ1n) is 12.4. The smallest absolute Gasteiger partial charge is 0.399 e. The Hall–Kier alpha value is -4.66. The van der Waals surface area contributed by atoms with Crippen LogP contribution in [-0.4, -0.2) is 60.8 Å². The number of hydrogen-bond donors (Lipinski definition) is 6. The summed E-state index contributed by atoms with van der Waals surface area (Å²) >= 11 is 0. The van der Waals surface area contributed by atoms with Crippen molar-refractivity contribution in [3.05, 3.63) is 101 Å². The maximum atomic E-state index is 14.0. The van der Waals surface area contributed by atoms with E-state index in [0.29, 0.717) is 12.1 Å². The number of alkyl halides is 4. The fourth-order valence-corrected chi connectivity index (χ4v) is 4.36. The molecule has 0 saturated heterocycles. The first-order chi connectivity index (χ1) is 20.4. The van der Waals surface area contributed by atoms with Crippen molar-refractivity contribution in [2.24, 2.45) is 0 Å². The number of carboxylic acid groups (broad SMARTS) is 2. The minimum Gasteiger partial charge on any atom is -0.480 e. The van der Waals surface area contributed by atoms with Gasteiger partial charge in [-0.1, -0.05) is 48.5 Å². The van der Waals surface area contributed by atoms with Gasteiger partial charge in [0.15, 0.2) is 0 Å². The van der Waals surface area contributed by atoms with Crippen molar-refractivity contribution >= 4 is 31.3 Å². The van der Waals surface area contributed by atoms with E-state index in [0.717, 1.165) is 36.4 Å². The Morgan fingerprint density at radius 2 is 1.32 bits per heavy atom. The summed E-state index contributed by atoms with van der Waals surface area (Å²) in [6.07, 6.45) is 1.75. The molecule has 0 saturated carbocycles. The van der Waals surface area contributed by atoms with Crippen LogP contribution in [0.1, 0.15) is 32.6 Å². The molecule has 17 heteroatoms. The molecule has 1 aromatic heterocycles. The number of aliphatic carboxylic acids is 2. The molecule has 0 aliphatic carbocycles. The number of nitrogens with zero attached hydrogens (tertiary/aromatic N) is 1. The lowest BCUT2D eigenvalue weighted by atomic mass is 10.00. The highest BCUT2D eigenvalue weighted by molar-refractivity contribution is 7.52. The molecule has 2 atom stereocenters. The van der Waals surface area contributed by atoms with Crippen LogP contribution in [0.3, 0.4) is 0 Å². The molecular weight excluding hydrogens is 617 g/mol. The topological polar surface area (TPSA) is 203 Å². The maximum Gasteiger partial charge on any atom is 0.399 e. The summed E-state index contributed by atoms with van der Waals surface area (Å²) in [4.78, 5) is 70.4. The fraction of sp³-hybridized carbons (Fsp3) is 0.222. The summed E-state index contributed by atoms with van der Waals surface area (Å²) in [7, 11) is -5.84. The monoisotopic (exact) mass is 641 g/mol. The van der Waals surface area contributed by atoms with E-state index in [9.17, 15) is 46.4 Å². The van der Waals surface area contributed by atoms with Crippen LogP contribution in [0.15, 0.2) is 73.1 Å². The van der Waals surface area contributed by atoms with Gasteiger partial charge in [-0.25, -0.2) is 9.59 Å². The highest BCUT2D eigenvalue weighted by Crippen LogP contribution is 2.59. The Bertz CT molecular complexity index is 1570. The molecule has 12 nitrogen and oxygen atoms in total. The largest absolute Gasteiger partial charge is 0.480 e. The molecular formula is C27H24F4N3O9P. The lowest BCUT2D eigenvalue weighted by molar-refractivity contribution is -0.166. The molecule has 0 spiro atoms. The standard InChI is InChI=1S/C27H24F4N3O9P/c28-26(29,25(39)40)18-7-3-15(4-8-18)12-20(33-22(35)17-2-1-11-32-14-17)23(36)34-21(24(37)38)13-16-5-9-19(10-6-16)27(30,31)44(41,42)43/h1-11,14,20-21H,12-13H2,(H,33,35)(H,34,36)(H,37,38)(H,39,40)(H2,41,42,43). The molecule has 1 heterocycles. The predicted molar refractivity (Wildman–Crippen MR) is 143 cm³/mol. The van der Waals surface area contributed by atoms with E-state index < -0.39 is 72.6 Å². The fourth-order valence-electron chi connectivity index (χ4n) is 3.87. The number of halogens is 4. The number of carbonyl (C=O) groups is 4. The molecule has 0 aliphatic rings. The van der Waals surface area contributed by atoms with Crippen LogP contribution in [0.5, 0.6) is 0 Å². The normalized spacial score (nSPS) is 13.4. The van der Waals surface area contributed by atoms with Gasteiger partial charge < -0.3 is 30.6 Å².